The highest BCUT2D eigenvalue weighted by molar-refractivity contribution is 5.79. The summed E-state index contributed by atoms with van der Waals surface area (Å²) in [6.07, 6.45) is 0.842. The topological polar surface area (TPSA) is 72.7 Å². The second kappa shape index (κ2) is 11.2. The van der Waals surface area contributed by atoms with E-state index < -0.39 is 0 Å². The van der Waals surface area contributed by atoms with Crippen LogP contribution < -0.4 is 20.1 Å². The molecule has 2 N–H and O–H groups in total. The van der Waals surface area contributed by atoms with Crippen LogP contribution in [0.15, 0.2) is 53.5 Å². The predicted octanol–water partition coefficient (Wildman–Crippen LogP) is 3.80. The van der Waals surface area contributed by atoms with Crippen molar-refractivity contribution < 1.29 is 9.47 Å². The molecule has 3 rings (SSSR count). The normalized spacial score (nSPS) is 11.3. The van der Waals surface area contributed by atoms with E-state index in [-0.39, 0.29) is 0 Å². The average molecular weight is 436 g/mol. The molecule has 170 valence electrons. The van der Waals surface area contributed by atoms with Crippen molar-refractivity contribution in [3.8, 4) is 17.2 Å². The van der Waals surface area contributed by atoms with Gasteiger partial charge in [-0.1, -0.05) is 24.3 Å². The van der Waals surface area contributed by atoms with Crippen LogP contribution in [-0.4, -0.2) is 43.0 Å². The van der Waals surface area contributed by atoms with Gasteiger partial charge in [-0.25, -0.2) is 9.67 Å². The van der Waals surface area contributed by atoms with Gasteiger partial charge >= 0.3 is 0 Å². The fraction of sp³-hybridized carbons (Fsp3) is 0.360. The summed E-state index contributed by atoms with van der Waals surface area (Å²) in [5.74, 6) is 2.27. The van der Waals surface area contributed by atoms with E-state index in [2.05, 4.69) is 42.7 Å². The molecule has 1 heterocycles. The Hall–Kier alpha value is -3.48. The Morgan fingerprint density at radius 1 is 1.00 bits per heavy atom. The Balaban J connectivity index is 1.66. The fourth-order valence-electron chi connectivity index (χ4n) is 3.59. The Morgan fingerprint density at radius 3 is 2.44 bits per heavy atom. The number of nitrogens with one attached hydrogen (secondary N) is 2. The Kier molecular flexibility index (Phi) is 8.14. The predicted molar refractivity (Wildman–Crippen MR) is 129 cm³/mol. The van der Waals surface area contributed by atoms with Crippen LogP contribution in [0, 0.1) is 13.8 Å². The van der Waals surface area contributed by atoms with Crippen LogP contribution in [0.2, 0.25) is 0 Å². The Labute approximate surface area is 190 Å². The summed E-state index contributed by atoms with van der Waals surface area (Å²) in [7, 11) is 3.30. The van der Waals surface area contributed by atoms with Gasteiger partial charge in [-0.05, 0) is 57.0 Å². The summed E-state index contributed by atoms with van der Waals surface area (Å²) in [6, 6.07) is 16.2. The molecule has 0 spiro atoms. The minimum Gasteiger partial charge on any atom is -0.493 e. The third-order valence-electron chi connectivity index (χ3n) is 5.34. The summed E-state index contributed by atoms with van der Waals surface area (Å²) >= 11 is 0. The lowest BCUT2D eigenvalue weighted by atomic mass is 10.1. The number of aryl methyl sites for hydroxylation is 1. The number of para-hydroxylation sites is 1. The minimum atomic E-state index is 0.566. The standard InChI is InChI=1S/C25H33N5O2/c1-6-26-25(27-15-14-20-12-13-23(31-4)24(16-20)32-5)28-17-22-18(2)29-30(19(22)3)21-10-8-7-9-11-21/h7-13,16H,6,14-15,17H2,1-5H3,(H2,26,27,28). The second-order valence-corrected chi connectivity index (χ2v) is 7.46. The van der Waals surface area contributed by atoms with Crippen LogP contribution in [0.5, 0.6) is 11.5 Å². The van der Waals surface area contributed by atoms with Gasteiger partial charge in [-0.15, -0.1) is 0 Å². The molecular formula is C25H33N5O2. The molecule has 0 saturated heterocycles. The fourth-order valence-corrected chi connectivity index (χ4v) is 3.59. The van der Waals surface area contributed by atoms with Crippen molar-refractivity contribution in [2.75, 3.05) is 27.3 Å². The molecular weight excluding hydrogens is 402 g/mol. The van der Waals surface area contributed by atoms with Crippen LogP contribution in [0.1, 0.15) is 29.4 Å². The van der Waals surface area contributed by atoms with Crippen molar-refractivity contribution in [3.63, 3.8) is 0 Å². The van der Waals surface area contributed by atoms with E-state index in [9.17, 15) is 0 Å². The van der Waals surface area contributed by atoms with Crippen molar-refractivity contribution in [2.24, 2.45) is 4.99 Å². The van der Waals surface area contributed by atoms with Crippen LogP contribution in [-0.2, 0) is 13.0 Å². The van der Waals surface area contributed by atoms with E-state index in [0.29, 0.717) is 6.54 Å². The number of aromatic nitrogens is 2. The second-order valence-electron chi connectivity index (χ2n) is 7.46. The molecule has 0 fully saturated rings. The van der Waals surface area contributed by atoms with Gasteiger partial charge in [-0.3, -0.25) is 0 Å². The molecule has 0 amide bonds. The lowest BCUT2D eigenvalue weighted by Crippen LogP contribution is -2.38. The lowest BCUT2D eigenvalue weighted by Gasteiger charge is -2.13. The highest BCUT2D eigenvalue weighted by Crippen LogP contribution is 2.27. The van der Waals surface area contributed by atoms with Gasteiger partial charge in [0.25, 0.3) is 0 Å². The van der Waals surface area contributed by atoms with Gasteiger partial charge < -0.3 is 20.1 Å². The maximum Gasteiger partial charge on any atom is 0.191 e. The van der Waals surface area contributed by atoms with E-state index >= 15 is 0 Å². The van der Waals surface area contributed by atoms with Crippen molar-refractivity contribution in [2.45, 2.75) is 33.7 Å². The number of nitrogens with zero attached hydrogens (tertiary/aromatic N) is 3. The number of hydrogen-bond acceptors (Lipinski definition) is 4. The number of aliphatic imine (C=N–C) groups is 1. The van der Waals surface area contributed by atoms with E-state index in [4.69, 9.17) is 19.6 Å². The summed E-state index contributed by atoms with van der Waals surface area (Å²) in [6.45, 7) is 8.31. The molecule has 0 aliphatic heterocycles. The first-order valence-corrected chi connectivity index (χ1v) is 10.9. The number of rotatable bonds is 9. The van der Waals surface area contributed by atoms with E-state index in [0.717, 1.165) is 59.6 Å². The average Bonchev–Trinajstić information content (AvgIpc) is 3.11. The van der Waals surface area contributed by atoms with Gasteiger partial charge in [0.15, 0.2) is 17.5 Å². The molecule has 0 aliphatic rings. The number of ether oxygens (including phenoxy) is 2. The number of hydrogen-bond donors (Lipinski definition) is 2. The van der Waals surface area contributed by atoms with Crippen molar-refractivity contribution >= 4 is 5.96 Å². The highest BCUT2D eigenvalue weighted by Gasteiger charge is 2.12. The molecule has 0 unspecified atom stereocenters. The number of methoxy groups -OCH3 is 2. The molecule has 1 aromatic heterocycles. The van der Waals surface area contributed by atoms with Crippen LogP contribution in [0.3, 0.4) is 0 Å². The zero-order chi connectivity index (χ0) is 22.9. The molecule has 0 bridgehead atoms. The van der Waals surface area contributed by atoms with E-state index in [1.165, 1.54) is 5.56 Å². The first kappa shape index (κ1) is 23.2. The molecule has 0 saturated carbocycles. The molecule has 0 radical (unpaired) electrons. The van der Waals surface area contributed by atoms with Crippen molar-refractivity contribution in [3.05, 3.63) is 71.0 Å². The van der Waals surface area contributed by atoms with E-state index in [1.807, 2.05) is 41.9 Å². The molecule has 32 heavy (non-hydrogen) atoms. The third kappa shape index (κ3) is 5.60. The zero-order valence-electron chi connectivity index (χ0n) is 19.6. The first-order valence-electron chi connectivity index (χ1n) is 10.9. The maximum absolute atomic E-state index is 5.40. The maximum atomic E-state index is 5.40. The minimum absolute atomic E-state index is 0.566. The quantitative estimate of drug-likeness (QED) is 0.395. The van der Waals surface area contributed by atoms with Crippen LogP contribution in [0.4, 0.5) is 0 Å². The highest BCUT2D eigenvalue weighted by atomic mass is 16.5. The monoisotopic (exact) mass is 435 g/mol. The number of guanidine groups is 1. The third-order valence-corrected chi connectivity index (χ3v) is 5.34. The SMILES string of the molecule is CCNC(=NCc1c(C)nn(-c2ccccc2)c1C)NCCc1ccc(OC)c(OC)c1. The Morgan fingerprint density at radius 2 is 1.75 bits per heavy atom. The van der Waals surface area contributed by atoms with Gasteiger partial charge in [0.2, 0.25) is 0 Å². The Bertz CT molecular complexity index is 1040. The molecule has 2 aromatic carbocycles. The van der Waals surface area contributed by atoms with Crippen LogP contribution in [0.25, 0.3) is 5.69 Å². The summed E-state index contributed by atoms with van der Waals surface area (Å²) in [5, 5.41) is 11.5. The van der Waals surface area contributed by atoms with Crippen LogP contribution >= 0.6 is 0 Å². The molecule has 0 atom stereocenters. The molecule has 0 aliphatic carbocycles. The summed E-state index contributed by atoms with van der Waals surface area (Å²) in [5.41, 5.74) is 5.48. The van der Waals surface area contributed by atoms with Gasteiger partial charge in [-0.2, -0.15) is 5.10 Å². The van der Waals surface area contributed by atoms with Crippen molar-refractivity contribution in [1.82, 2.24) is 20.4 Å². The molecule has 7 heteroatoms. The first-order chi connectivity index (χ1) is 15.6. The van der Waals surface area contributed by atoms with Gasteiger partial charge in [0.1, 0.15) is 0 Å². The van der Waals surface area contributed by atoms with E-state index in [1.54, 1.807) is 14.2 Å². The summed E-state index contributed by atoms with van der Waals surface area (Å²) in [4.78, 5) is 4.80. The van der Waals surface area contributed by atoms with Gasteiger partial charge in [0, 0.05) is 24.3 Å². The number of benzene rings is 2. The molecule has 7 nitrogen and oxygen atoms in total. The zero-order valence-corrected chi connectivity index (χ0v) is 19.6. The lowest BCUT2D eigenvalue weighted by molar-refractivity contribution is 0.354. The molecule has 3 aromatic rings. The summed E-state index contributed by atoms with van der Waals surface area (Å²) < 4.78 is 12.7. The largest absolute Gasteiger partial charge is 0.493 e. The van der Waals surface area contributed by atoms with Crippen molar-refractivity contribution in [1.29, 1.82) is 0 Å². The van der Waals surface area contributed by atoms with Gasteiger partial charge in [0.05, 0.1) is 32.1 Å². The smallest absolute Gasteiger partial charge is 0.191 e.